The lowest BCUT2D eigenvalue weighted by atomic mass is 10.0. The van der Waals surface area contributed by atoms with Crippen LogP contribution in [0, 0.1) is 0 Å². The number of carbonyl (C=O) groups is 2. The zero-order chi connectivity index (χ0) is 17.6. The van der Waals surface area contributed by atoms with Gasteiger partial charge in [-0.05, 0) is 12.8 Å². The first-order valence-electron chi connectivity index (χ1n) is 9.24. The summed E-state index contributed by atoms with van der Waals surface area (Å²) in [6, 6.07) is 0.0885. The Hall–Kier alpha value is -1.57. The first kappa shape index (κ1) is 18.2. The Morgan fingerprint density at radius 1 is 1.48 bits per heavy atom. The Balaban J connectivity index is 1.60. The Morgan fingerprint density at radius 2 is 2.32 bits per heavy atom. The summed E-state index contributed by atoms with van der Waals surface area (Å²) < 4.78 is 5.19. The van der Waals surface area contributed by atoms with E-state index in [9.17, 15) is 9.59 Å². The number of aldehydes is 1. The number of ketones is 1. The van der Waals surface area contributed by atoms with Gasteiger partial charge in [0.15, 0.2) is 6.29 Å². The fraction of sp³-hybridized carbons (Fsp3) is 0.722. The molecule has 138 valence electrons. The molecule has 25 heavy (non-hydrogen) atoms. The highest BCUT2D eigenvalue weighted by molar-refractivity contribution is 5.86. The van der Waals surface area contributed by atoms with Gasteiger partial charge in [-0.2, -0.15) is 0 Å². The third-order valence-corrected chi connectivity index (χ3v) is 4.96. The normalized spacial score (nSPS) is 28.4. The second-order valence-corrected chi connectivity index (χ2v) is 6.95. The lowest BCUT2D eigenvalue weighted by Gasteiger charge is -2.36. The number of amidine groups is 1. The van der Waals surface area contributed by atoms with Crippen LogP contribution in [0.3, 0.4) is 0 Å². The molecule has 0 bridgehead atoms. The Morgan fingerprint density at radius 3 is 3.00 bits per heavy atom. The minimum atomic E-state index is -0.219. The molecule has 0 aromatic heterocycles. The van der Waals surface area contributed by atoms with Crippen LogP contribution in [0.2, 0.25) is 0 Å². The van der Waals surface area contributed by atoms with Crippen LogP contribution in [-0.4, -0.2) is 67.5 Å². The topological polar surface area (TPSA) is 83.0 Å². The van der Waals surface area contributed by atoms with Gasteiger partial charge in [-0.1, -0.05) is 18.6 Å². The first-order chi connectivity index (χ1) is 12.2. The number of nitrogens with one attached hydrogen (secondary N) is 2. The predicted molar refractivity (Wildman–Crippen MR) is 95.4 cm³/mol. The molecule has 0 saturated carbocycles. The number of aliphatic imine (C=N–C) groups is 1. The van der Waals surface area contributed by atoms with Crippen LogP contribution in [0.15, 0.2) is 16.6 Å². The van der Waals surface area contributed by atoms with Crippen molar-refractivity contribution < 1.29 is 14.3 Å². The van der Waals surface area contributed by atoms with Crippen LogP contribution < -0.4 is 10.6 Å². The van der Waals surface area contributed by atoms with E-state index in [0.29, 0.717) is 44.3 Å². The first-order valence-corrected chi connectivity index (χ1v) is 9.24. The fourth-order valence-electron chi connectivity index (χ4n) is 3.34. The largest absolute Gasteiger partial charge is 0.377 e. The molecule has 1 fully saturated rings. The van der Waals surface area contributed by atoms with Crippen molar-refractivity contribution in [3.63, 3.8) is 0 Å². The highest BCUT2D eigenvalue weighted by Crippen LogP contribution is 2.19. The van der Waals surface area contributed by atoms with Gasteiger partial charge >= 0.3 is 0 Å². The van der Waals surface area contributed by atoms with E-state index in [1.807, 2.05) is 6.92 Å². The molecule has 2 unspecified atom stereocenters. The maximum absolute atomic E-state index is 11.7. The second-order valence-electron chi connectivity index (χ2n) is 6.95. The number of hydrogen-bond acceptors (Lipinski definition) is 7. The number of rotatable bonds is 6. The van der Waals surface area contributed by atoms with Gasteiger partial charge in [-0.25, -0.2) is 4.99 Å². The summed E-state index contributed by atoms with van der Waals surface area (Å²) in [4.78, 5) is 30.1. The third kappa shape index (κ3) is 4.96. The van der Waals surface area contributed by atoms with Crippen molar-refractivity contribution in [3.05, 3.63) is 11.6 Å². The smallest absolute Gasteiger partial charge is 0.158 e. The zero-order valence-corrected chi connectivity index (χ0v) is 14.9. The summed E-state index contributed by atoms with van der Waals surface area (Å²) in [6.45, 7) is 5.02. The third-order valence-electron chi connectivity index (χ3n) is 4.96. The van der Waals surface area contributed by atoms with Gasteiger partial charge in [0.2, 0.25) is 0 Å². The number of Topliss-reactive ketones (excluding diaryl/α,β-unsaturated/α-hetero) is 1. The maximum atomic E-state index is 11.7. The molecule has 0 amide bonds. The molecule has 0 radical (unpaired) electrons. The van der Waals surface area contributed by atoms with E-state index in [0.717, 1.165) is 38.1 Å². The Kier molecular flexibility index (Phi) is 6.34. The molecule has 0 aliphatic carbocycles. The lowest BCUT2D eigenvalue weighted by molar-refractivity contribution is -0.118. The van der Waals surface area contributed by atoms with E-state index in [2.05, 4.69) is 21.6 Å². The minimum absolute atomic E-state index is 0.193. The van der Waals surface area contributed by atoms with Gasteiger partial charge in [0, 0.05) is 32.4 Å². The van der Waals surface area contributed by atoms with Crippen LogP contribution in [-0.2, 0) is 14.3 Å². The molecule has 0 aromatic carbocycles. The van der Waals surface area contributed by atoms with Crippen molar-refractivity contribution in [2.75, 3.05) is 26.3 Å². The van der Waals surface area contributed by atoms with E-state index >= 15 is 0 Å². The quantitative estimate of drug-likeness (QED) is 0.541. The highest BCUT2D eigenvalue weighted by atomic mass is 16.5. The Labute approximate surface area is 148 Å². The SMILES string of the molecule is CCC(=O)CC1=CCCN(C2N=C(NC3COC3)CC(C=O)N2)CC1. The molecular weight excluding hydrogens is 320 g/mol. The van der Waals surface area contributed by atoms with Crippen molar-refractivity contribution in [1.29, 1.82) is 0 Å². The van der Waals surface area contributed by atoms with Gasteiger partial charge in [-0.3, -0.25) is 15.0 Å². The number of carbonyl (C=O) groups excluding carboxylic acids is 2. The molecule has 3 aliphatic heterocycles. The van der Waals surface area contributed by atoms with Crippen LogP contribution in [0.5, 0.6) is 0 Å². The van der Waals surface area contributed by atoms with Gasteiger partial charge in [0.1, 0.15) is 17.9 Å². The van der Waals surface area contributed by atoms with Gasteiger partial charge < -0.3 is 14.8 Å². The van der Waals surface area contributed by atoms with Gasteiger partial charge in [0.05, 0.1) is 25.3 Å². The van der Waals surface area contributed by atoms with Crippen LogP contribution in [0.25, 0.3) is 0 Å². The van der Waals surface area contributed by atoms with Crippen LogP contribution >= 0.6 is 0 Å². The van der Waals surface area contributed by atoms with Crippen LogP contribution in [0.4, 0.5) is 0 Å². The molecule has 2 atom stereocenters. The second kappa shape index (κ2) is 8.69. The highest BCUT2D eigenvalue weighted by Gasteiger charge is 2.29. The predicted octanol–water partition coefficient (Wildman–Crippen LogP) is 0.609. The molecule has 0 aromatic rings. The summed E-state index contributed by atoms with van der Waals surface area (Å²) in [5.74, 6) is 1.18. The number of nitrogens with zero attached hydrogens (tertiary/aromatic N) is 2. The average Bonchev–Trinajstić information content (AvgIpc) is 2.83. The Bertz CT molecular complexity index is 557. The van der Waals surface area contributed by atoms with E-state index < -0.39 is 0 Å². The molecule has 7 heteroatoms. The summed E-state index contributed by atoms with van der Waals surface area (Å²) in [5.41, 5.74) is 1.23. The molecule has 2 N–H and O–H groups in total. The van der Waals surface area contributed by atoms with Crippen LogP contribution in [0.1, 0.15) is 39.0 Å². The van der Waals surface area contributed by atoms with Crippen molar-refractivity contribution in [2.24, 2.45) is 4.99 Å². The van der Waals surface area contributed by atoms with Crippen molar-refractivity contribution in [1.82, 2.24) is 15.5 Å². The monoisotopic (exact) mass is 348 g/mol. The summed E-state index contributed by atoms with van der Waals surface area (Å²) in [7, 11) is 0. The van der Waals surface area contributed by atoms with E-state index in [4.69, 9.17) is 9.73 Å². The molecule has 0 spiro atoms. The molecule has 3 heterocycles. The molecule has 1 saturated heterocycles. The minimum Gasteiger partial charge on any atom is -0.377 e. The van der Waals surface area contributed by atoms with Crippen molar-refractivity contribution >= 4 is 17.9 Å². The fourth-order valence-corrected chi connectivity index (χ4v) is 3.34. The van der Waals surface area contributed by atoms with Gasteiger partial charge in [-0.15, -0.1) is 0 Å². The van der Waals surface area contributed by atoms with E-state index in [-0.39, 0.29) is 12.3 Å². The summed E-state index contributed by atoms with van der Waals surface area (Å²) >= 11 is 0. The maximum Gasteiger partial charge on any atom is 0.158 e. The number of ether oxygens (including phenoxy) is 1. The summed E-state index contributed by atoms with van der Waals surface area (Å²) in [6.07, 6.45) is 6.51. The zero-order valence-electron chi connectivity index (χ0n) is 14.9. The van der Waals surface area contributed by atoms with Gasteiger partial charge in [0.25, 0.3) is 0 Å². The standard InChI is InChI=1S/C18H28N4O3/c1-2-16(24)8-13-4-3-6-22(7-5-13)18-20-14(10-23)9-17(21-18)19-15-11-25-12-15/h4,10,14-15,18,20H,2-3,5-9,11-12H2,1H3,(H,19,21). The van der Waals surface area contributed by atoms with E-state index in [1.165, 1.54) is 5.57 Å². The molecule has 3 rings (SSSR count). The molecule has 3 aliphatic rings. The van der Waals surface area contributed by atoms with E-state index in [1.54, 1.807) is 0 Å². The summed E-state index contributed by atoms with van der Waals surface area (Å²) in [5, 5.41) is 6.70. The van der Waals surface area contributed by atoms with Crippen molar-refractivity contribution in [2.45, 2.75) is 57.4 Å². The number of hydrogen-bond donors (Lipinski definition) is 2. The average molecular weight is 348 g/mol. The van der Waals surface area contributed by atoms with Crippen molar-refractivity contribution in [3.8, 4) is 0 Å². The molecular formula is C18H28N4O3. The molecule has 7 nitrogen and oxygen atoms in total. The lowest BCUT2D eigenvalue weighted by Crippen LogP contribution is -2.57.